The first kappa shape index (κ1) is 16.3. The molecule has 0 amide bonds. The molecule has 1 aromatic heterocycles. The standard InChI is InChI=1S/C14H13F3N2O2S/c1-22(20,21)11-6-4-10(5-7-11)9-19-13-12(14(15,16)17)3-2-8-18-13/h2-8H,9H2,1H3,(H,18,19). The summed E-state index contributed by atoms with van der Waals surface area (Å²) in [6, 6.07) is 8.07. The van der Waals surface area contributed by atoms with Gasteiger partial charge in [-0.2, -0.15) is 13.2 Å². The third-order valence-electron chi connectivity index (χ3n) is 2.92. The maximum Gasteiger partial charge on any atom is 0.419 e. The van der Waals surface area contributed by atoms with E-state index >= 15 is 0 Å². The predicted octanol–water partition coefficient (Wildman–Crippen LogP) is 3.12. The molecule has 118 valence electrons. The minimum absolute atomic E-state index is 0.101. The van der Waals surface area contributed by atoms with Crippen molar-refractivity contribution in [3.63, 3.8) is 0 Å². The normalized spacial score (nSPS) is 12.2. The van der Waals surface area contributed by atoms with Gasteiger partial charge in [-0.05, 0) is 29.8 Å². The van der Waals surface area contributed by atoms with Gasteiger partial charge < -0.3 is 5.32 Å². The van der Waals surface area contributed by atoms with Crippen molar-refractivity contribution in [3.05, 3.63) is 53.7 Å². The highest BCUT2D eigenvalue weighted by Gasteiger charge is 2.33. The summed E-state index contributed by atoms with van der Waals surface area (Å²) in [5.41, 5.74) is -0.200. The molecule has 0 bridgehead atoms. The van der Waals surface area contributed by atoms with Crippen molar-refractivity contribution in [2.45, 2.75) is 17.6 Å². The Bertz CT molecular complexity index is 756. The van der Waals surface area contributed by atoms with Crippen molar-refractivity contribution in [2.24, 2.45) is 0 Å². The number of pyridine rings is 1. The number of sulfone groups is 1. The van der Waals surface area contributed by atoms with Gasteiger partial charge in [0.2, 0.25) is 0 Å². The lowest BCUT2D eigenvalue weighted by Crippen LogP contribution is -2.12. The minimum atomic E-state index is -4.49. The van der Waals surface area contributed by atoms with Gasteiger partial charge in [0.15, 0.2) is 9.84 Å². The number of alkyl halides is 3. The van der Waals surface area contributed by atoms with Crippen LogP contribution in [0.1, 0.15) is 11.1 Å². The molecule has 8 heteroatoms. The van der Waals surface area contributed by atoms with E-state index in [9.17, 15) is 21.6 Å². The maximum absolute atomic E-state index is 12.8. The van der Waals surface area contributed by atoms with E-state index < -0.39 is 21.6 Å². The molecule has 1 aromatic carbocycles. The molecule has 0 unspecified atom stereocenters. The van der Waals surface area contributed by atoms with Gasteiger partial charge in [-0.15, -0.1) is 0 Å². The Morgan fingerprint density at radius 2 is 1.77 bits per heavy atom. The van der Waals surface area contributed by atoms with Gasteiger partial charge in [0.25, 0.3) is 0 Å². The lowest BCUT2D eigenvalue weighted by atomic mass is 10.2. The van der Waals surface area contributed by atoms with E-state index in [0.29, 0.717) is 5.56 Å². The zero-order valence-corrected chi connectivity index (χ0v) is 12.4. The van der Waals surface area contributed by atoms with E-state index in [1.807, 2.05) is 0 Å². The fraction of sp³-hybridized carbons (Fsp3) is 0.214. The second kappa shape index (κ2) is 5.96. The van der Waals surface area contributed by atoms with E-state index in [-0.39, 0.29) is 17.3 Å². The van der Waals surface area contributed by atoms with Crippen LogP contribution in [0, 0.1) is 0 Å². The lowest BCUT2D eigenvalue weighted by Gasteiger charge is -2.13. The summed E-state index contributed by atoms with van der Waals surface area (Å²) in [4.78, 5) is 3.85. The molecule has 0 saturated heterocycles. The summed E-state index contributed by atoms with van der Waals surface area (Å²) in [5, 5.41) is 2.61. The van der Waals surface area contributed by atoms with E-state index in [2.05, 4.69) is 10.3 Å². The van der Waals surface area contributed by atoms with Gasteiger partial charge in [0.1, 0.15) is 5.82 Å². The molecule has 0 aliphatic rings. The molecule has 0 aliphatic carbocycles. The van der Waals surface area contributed by atoms with Gasteiger partial charge >= 0.3 is 6.18 Å². The molecule has 0 spiro atoms. The average molecular weight is 330 g/mol. The zero-order valence-electron chi connectivity index (χ0n) is 11.6. The summed E-state index contributed by atoms with van der Waals surface area (Å²) >= 11 is 0. The van der Waals surface area contributed by atoms with E-state index in [4.69, 9.17) is 0 Å². The molecule has 0 aliphatic heterocycles. The summed E-state index contributed by atoms with van der Waals surface area (Å²) in [5.74, 6) is -0.262. The van der Waals surface area contributed by atoms with Crippen molar-refractivity contribution in [2.75, 3.05) is 11.6 Å². The topological polar surface area (TPSA) is 59.1 Å². The van der Waals surface area contributed by atoms with Gasteiger partial charge in [-0.25, -0.2) is 13.4 Å². The quantitative estimate of drug-likeness (QED) is 0.936. The first-order valence-electron chi connectivity index (χ1n) is 6.23. The number of anilines is 1. The van der Waals surface area contributed by atoms with Crippen molar-refractivity contribution < 1.29 is 21.6 Å². The van der Waals surface area contributed by atoms with Crippen LogP contribution in [0.2, 0.25) is 0 Å². The first-order valence-corrected chi connectivity index (χ1v) is 8.12. The van der Waals surface area contributed by atoms with Crippen LogP contribution in [0.15, 0.2) is 47.5 Å². The lowest BCUT2D eigenvalue weighted by molar-refractivity contribution is -0.137. The SMILES string of the molecule is CS(=O)(=O)c1ccc(CNc2ncccc2C(F)(F)F)cc1. The second-order valence-corrected chi connectivity index (χ2v) is 6.68. The van der Waals surface area contributed by atoms with E-state index in [1.165, 1.54) is 24.4 Å². The van der Waals surface area contributed by atoms with Gasteiger partial charge in [0.05, 0.1) is 10.5 Å². The Kier molecular flexibility index (Phi) is 4.41. The van der Waals surface area contributed by atoms with Crippen LogP contribution >= 0.6 is 0 Å². The van der Waals surface area contributed by atoms with Crippen LogP contribution in [-0.4, -0.2) is 19.7 Å². The monoisotopic (exact) mass is 330 g/mol. The van der Waals surface area contributed by atoms with Gasteiger partial charge in [-0.3, -0.25) is 0 Å². The highest BCUT2D eigenvalue weighted by Crippen LogP contribution is 2.33. The molecular formula is C14H13F3N2O2S. The largest absolute Gasteiger partial charge is 0.419 e. The molecule has 0 radical (unpaired) electrons. The number of nitrogens with one attached hydrogen (secondary N) is 1. The third kappa shape index (κ3) is 3.97. The van der Waals surface area contributed by atoms with Crippen molar-refractivity contribution >= 4 is 15.7 Å². The Morgan fingerprint density at radius 3 is 2.32 bits per heavy atom. The second-order valence-electron chi connectivity index (χ2n) is 4.67. The molecule has 2 aromatic rings. The molecule has 4 nitrogen and oxygen atoms in total. The van der Waals surface area contributed by atoms with Crippen LogP contribution in [0.5, 0.6) is 0 Å². The highest BCUT2D eigenvalue weighted by atomic mass is 32.2. The fourth-order valence-electron chi connectivity index (χ4n) is 1.82. The molecule has 1 N–H and O–H groups in total. The summed E-state index contributed by atoms with van der Waals surface area (Å²) in [6.45, 7) is 0.101. The van der Waals surface area contributed by atoms with Crippen molar-refractivity contribution in [1.29, 1.82) is 0 Å². The summed E-state index contributed by atoms with van der Waals surface area (Å²) in [7, 11) is -3.29. The molecule has 22 heavy (non-hydrogen) atoms. The number of hydrogen-bond donors (Lipinski definition) is 1. The molecule has 2 rings (SSSR count). The van der Waals surface area contributed by atoms with Gasteiger partial charge in [-0.1, -0.05) is 12.1 Å². The van der Waals surface area contributed by atoms with Crippen LogP contribution < -0.4 is 5.32 Å². The van der Waals surface area contributed by atoms with Gasteiger partial charge in [0, 0.05) is 19.0 Å². The van der Waals surface area contributed by atoms with E-state index in [0.717, 1.165) is 12.3 Å². The molecular weight excluding hydrogens is 317 g/mol. The Hall–Kier alpha value is -2.09. The number of aromatic nitrogens is 1. The summed E-state index contributed by atoms with van der Waals surface area (Å²) in [6.07, 6.45) is -2.13. The van der Waals surface area contributed by atoms with E-state index in [1.54, 1.807) is 12.1 Å². The number of nitrogens with zero attached hydrogens (tertiary/aromatic N) is 1. The smallest absolute Gasteiger partial charge is 0.365 e. The summed E-state index contributed by atoms with van der Waals surface area (Å²) < 4.78 is 61.1. The minimum Gasteiger partial charge on any atom is -0.365 e. The molecule has 1 heterocycles. The number of rotatable bonds is 4. The number of halogens is 3. The zero-order chi connectivity index (χ0) is 16.4. The van der Waals surface area contributed by atoms with Crippen LogP contribution in [0.4, 0.5) is 19.0 Å². The predicted molar refractivity (Wildman–Crippen MR) is 76.1 cm³/mol. The Balaban J connectivity index is 2.14. The average Bonchev–Trinajstić information content (AvgIpc) is 2.44. The number of benzene rings is 1. The van der Waals surface area contributed by atoms with Crippen LogP contribution in [-0.2, 0) is 22.6 Å². The Labute approximate surface area is 125 Å². The number of hydrogen-bond acceptors (Lipinski definition) is 4. The fourth-order valence-corrected chi connectivity index (χ4v) is 2.45. The molecule has 0 saturated carbocycles. The highest BCUT2D eigenvalue weighted by molar-refractivity contribution is 7.90. The first-order chi connectivity index (χ1) is 10.2. The molecule has 0 atom stereocenters. The van der Waals surface area contributed by atoms with Crippen molar-refractivity contribution in [1.82, 2.24) is 4.98 Å². The molecule has 0 fully saturated rings. The third-order valence-corrected chi connectivity index (χ3v) is 4.05. The maximum atomic E-state index is 12.8. The Morgan fingerprint density at radius 1 is 1.14 bits per heavy atom. The van der Waals surface area contributed by atoms with Crippen LogP contribution in [0.3, 0.4) is 0 Å². The van der Waals surface area contributed by atoms with Crippen LogP contribution in [0.25, 0.3) is 0 Å². The van der Waals surface area contributed by atoms with Crippen molar-refractivity contribution in [3.8, 4) is 0 Å².